The third-order valence-corrected chi connectivity index (χ3v) is 5.05. The largest absolute Gasteiger partial charge is 0.480 e. The van der Waals surface area contributed by atoms with Crippen LogP contribution in [0.15, 0.2) is 5.38 Å². The van der Waals surface area contributed by atoms with Crippen LogP contribution < -0.4 is 5.32 Å². The van der Waals surface area contributed by atoms with Gasteiger partial charge in [-0.05, 0) is 31.6 Å². The van der Waals surface area contributed by atoms with Crippen LogP contribution in [0.4, 0.5) is 18.3 Å². The summed E-state index contributed by atoms with van der Waals surface area (Å²) in [6, 6.07) is 0.244. The molecule has 2 saturated carbocycles. The maximum Gasteiger partial charge on any atom is 0.434 e. The fourth-order valence-electron chi connectivity index (χ4n) is 2.80. The van der Waals surface area contributed by atoms with Crippen LogP contribution in [-0.4, -0.2) is 46.1 Å². The monoisotopic (exact) mass is 349 g/mol. The lowest BCUT2D eigenvalue weighted by Gasteiger charge is -2.42. The number of nitrogens with zero attached hydrogens (tertiary/aromatic N) is 2. The number of thiazole rings is 1. The molecule has 0 spiro atoms. The van der Waals surface area contributed by atoms with Gasteiger partial charge in [0, 0.05) is 24.0 Å². The third-order valence-electron chi connectivity index (χ3n) is 4.28. The molecule has 2 aliphatic rings. The normalized spacial score (nSPS) is 24.5. The summed E-state index contributed by atoms with van der Waals surface area (Å²) in [5, 5.41) is 13.3. The molecule has 1 aromatic heterocycles. The highest BCUT2D eigenvalue weighted by molar-refractivity contribution is 7.13. The van der Waals surface area contributed by atoms with Gasteiger partial charge in [0.05, 0.1) is 6.54 Å². The zero-order chi connectivity index (χ0) is 16.6. The van der Waals surface area contributed by atoms with Crippen molar-refractivity contribution in [2.75, 3.05) is 18.4 Å². The van der Waals surface area contributed by atoms with Crippen molar-refractivity contribution in [2.45, 2.75) is 43.9 Å². The highest BCUT2D eigenvalue weighted by Crippen LogP contribution is 2.36. The Hall–Kier alpha value is -1.35. The first-order valence-corrected chi connectivity index (χ1v) is 8.44. The van der Waals surface area contributed by atoms with Gasteiger partial charge in [0.15, 0.2) is 10.8 Å². The summed E-state index contributed by atoms with van der Waals surface area (Å²) in [6.45, 7) is 0.836. The topological polar surface area (TPSA) is 65.5 Å². The smallest absolute Gasteiger partial charge is 0.434 e. The molecule has 0 saturated heterocycles. The predicted molar refractivity (Wildman–Crippen MR) is 79.5 cm³/mol. The van der Waals surface area contributed by atoms with E-state index in [9.17, 15) is 18.0 Å². The molecular formula is C14H18F3N3O2S. The van der Waals surface area contributed by atoms with Gasteiger partial charge in [0.25, 0.3) is 0 Å². The van der Waals surface area contributed by atoms with Crippen molar-refractivity contribution in [1.82, 2.24) is 9.88 Å². The Balaban J connectivity index is 1.49. The quantitative estimate of drug-likeness (QED) is 0.792. The minimum Gasteiger partial charge on any atom is -0.480 e. The van der Waals surface area contributed by atoms with Crippen molar-refractivity contribution in [3.8, 4) is 0 Å². The van der Waals surface area contributed by atoms with Crippen LogP contribution >= 0.6 is 11.3 Å². The highest BCUT2D eigenvalue weighted by atomic mass is 32.1. The molecule has 2 aliphatic carbocycles. The fourth-order valence-corrected chi connectivity index (χ4v) is 3.59. The van der Waals surface area contributed by atoms with Gasteiger partial charge in [-0.25, -0.2) is 4.98 Å². The average molecular weight is 349 g/mol. The molecule has 9 heteroatoms. The third kappa shape index (κ3) is 4.35. The molecule has 0 amide bonds. The van der Waals surface area contributed by atoms with Crippen molar-refractivity contribution in [3.05, 3.63) is 11.1 Å². The van der Waals surface area contributed by atoms with Gasteiger partial charge in [-0.3, -0.25) is 9.69 Å². The molecule has 23 heavy (non-hydrogen) atoms. The highest BCUT2D eigenvalue weighted by Gasteiger charge is 2.38. The predicted octanol–water partition coefficient (Wildman–Crippen LogP) is 2.90. The molecule has 1 aromatic rings. The number of anilines is 1. The Bertz CT molecular complexity index is 568. The first kappa shape index (κ1) is 16.5. The van der Waals surface area contributed by atoms with E-state index in [1.807, 2.05) is 4.90 Å². The second kappa shape index (κ2) is 6.27. The number of aromatic nitrogens is 1. The Labute approximate surface area is 135 Å². The number of halogens is 3. The molecule has 0 aliphatic heterocycles. The molecule has 0 bridgehead atoms. The Morgan fingerprint density at radius 1 is 1.43 bits per heavy atom. The van der Waals surface area contributed by atoms with E-state index < -0.39 is 17.8 Å². The number of alkyl halides is 3. The van der Waals surface area contributed by atoms with Gasteiger partial charge in [-0.15, -0.1) is 11.3 Å². The lowest BCUT2D eigenvalue weighted by Crippen LogP contribution is -2.52. The van der Waals surface area contributed by atoms with Crippen molar-refractivity contribution in [2.24, 2.45) is 5.92 Å². The van der Waals surface area contributed by atoms with E-state index in [0.29, 0.717) is 5.92 Å². The van der Waals surface area contributed by atoms with Crippen molar-refractivity contribution >= 4 is 22.4 Å². The second-order valence-electron chi connectivity index (χ2n) is 6.27. The number of hydrogen-bond acceptors (Lipinski definition) is 5. The van der Waals surface area contributed by atoms with E-state index >= 15 is 0 Å². The van der Waals surface area contributed by atoms with Crippen LogP contribution in [0.25, 0.3) is 0 Å². The summed E-state index contributed by atoms with van der Waals surface area (Å²) in [6.07, 6.45) is -0.628. The minimum atomic E-state index is -4.42. The molecular weight excluding hydrogens is 331 g/mol. The van der Waals surface area contributed by atoms with Crippen molar-refractivity contribution < 1.29 is 23.1 Å². The Morgan fingerprint density at radius 3 is 2.65 bits per heavy atom. The van der Waals surface area contributed by atoms with E-state index in [-0.39, 0.29) is 23.8 Å². The van der Waals surface area contributed by atoms with Crippen molar-refractivity contribution in [1.29, 1.82) is 0 Å². The average Bonchev–Trinajstić information content (AvgIpc) is 3.06. The van der Waals surface area contributed by atoms with Crippen LogP contribution in [0.2, 0.25) is 0 Å². The second-order valence-corrected chi connectivity index (χ2v) is 7.13. The SMILES string of the molecule is O=C(O)CN(CC1CC1)C1CC(Nc2nc(C(F)(F)F)cs2)C1. The van der Waals surface area contributed by atoms with Gasteiger partial charge in [0.2, 0.25) is 0 Å². The molecule has 2 N–H and O–H groups in total. The molecule has 1 heterocycles. The number of carboxylic acids is 1. The van der Waals surface area contributed by atoms with Crippen LogP contribution in [0.5, 0.6) is 0 Å². The molecule has 2 fully saturated rings. The summed E-state index contributed by atoms with van der Waals surface area (Å²) in [5.41, 5.74) is -0.873. The Kier molecular flexibility index (Phi) is 4.50. The standard InChI is InChI=1S/C14H18F3N3O2S/c15-14(16,17)11-7-23-13(19-11)18-9-3-10(4-9)20(6-12(21)22)5-8-1-2-8/h7-10H,1-6H2,(H,18,19)(H,21,22). The maximum atomic E-state index is 12.5. The summed E-state index contributed by atoms with van der Waals surface area (Å²) in [5.74, 6) is -0.230. The number of hydrogen-bond donors (Lipinski definition) is 2. The molecule has 3 rings (SSSR count). The Morgan fingerprint density at radius 2 is 2.13 bits per heavy atom. The number of carbonyl (C=O) groups is 1. The van der Waals surface area contributed by atoms with Crippen molar-refractivity contribution in [3.63, 3.8) is 0 Å². The zero-order valence-corrected chi connectivity index (χ0v) is 13.2. The van der Waals surface area contributed by atoms with Crippen LogP contribution in [0.3, 0.4) is 0 Å². The van der Waals surface area contributed by atoms with Crippen LogP contribution in [0, 0.1) is 5.92 Å². The molecule has 0 radical (unpaired) electrons. The van der Waals surface area contributed by atoms with Gasteiger partial charge in [-0.2, -0.15) is 13.2 Å². The van der Waals surface area contributed by atoms with Gasteiger partial charge in [-0.1, -0.05) is 0 Å². The van der Waals surface area contributed by atoms with Gasteiger partial charge >= 0.3 is 12.1 Å². The molecule has 128 valence electrons. The lowest BCUT2D eigenvalue weighted by atomic mass is 9.85. The van der Waals surface area contributed by atoms with E-state index in [1.165, 1.54) is 0 Å². The first-order valence-electron chi connectivity index (χ1n) is 7.56. The summed E-state index contributed by atoms with van der Waals surface area (Å²) >= 11 is 0.945. The first-order chi connectivity index (χ1) is 10.8. The molecule has 0 atom stereocenters. The lowest BCUT2D eigenvalue weighted by molar-refractivity contribution is -0.141. The fraction of sp³-hybridized carbons (Fsp3) is 0.714. The molecule has 0 aromatic carbocycles. The van der Waals surface area contributed by atoms with Gasteiger partial charge < -0.3 is 10.4 Å². The number of aliphatic carboxylic acids is 1. The van der Waals surface area contributed by atoms with E-state index in [4.69, 9.17) is 5.11 Å². The van der Waals surface area contributed by atoms with Gasteiger partial charge in [0.1, 0.15) is 0 Å². The zero-order valence-electron chi connectivity index (χ0n) is 12.3. The number of rotatable bonds is 7. The number of carboxylic acid groups (broad SMARTS) is 1. The van der Waals surface area contributed by atoms with Crippen LogP contribution in [-0.2, 0) is 11.0 Å². The molecule has 5 nitrogen and oxygen atoms in total. The van der Waals surface area contributed by atoms with Crippen LogP contribution in [0.1, 0.15) is 31.4 Å². The maximum absolute atomic E-state index is 12.5. The summed E-state index contributed by atoms with van der Waals surface area (Å²) in [7, 11) is 0. The van der Waals surface area contributed by atoms with E-state index in [0.717, 1.165) is 48.9 Å². The summed E-state index contributed by atoms with van der Waals surface area (Å²) < 4.78 is 37.5. The summed E-state index contributed by atoms with van der Waals surface area (Å²) in [4.78, 5) is 16.5. The van der Waals surface area contributed by atoms with E-state index in [1.54, 1.807) is 0 Å². The minimum absolute atomic E-state index is 0.0311. The molecule has 0 unspecified atom stereocenters. The number of nitrogens with one attached hydrogen (secondary N) is 1. The van der Waals surface area contributed by atoms with E-state index in [2.05, 4.69) is 10.3 Å².